The zero-order chi connectivity index (χ0) is 7.56. The minimum absolute atomic E-state index is 0.00912. The molecule has 0 spiro atoms. The minimum Gasteiger partial charge on any atom is -0.479 e. The molecule has 1 aliphatic rings. The second-order valence-electron chi connectivity index (χ2n) is 2.43. The van der Waals surface area contributed by atoms with Crippen molar-refractivity contribution in [2.24, 2.45) is 0 Å². The van der Waals surface area contributed by atoms with Gasteiger partial charge < -0.3 is 15.2 Å². The van der Waals surface area contributed by atoms with Gasteiger partial charge in [0.25, 0.3) is 0 Å². The van der Waals surface area contributed by atoms with Gasteiger partial charge in [0.1, 0.15) is 0 Å². The molecule has 0 saturated carbocycles. The molecule has 4 heteroatoms. The van der Waals surface area contributed by atoms with Crippen LogP contribution < -0.4 is 5.32 Å². The Bertz CT molecular complexity index is 137. The number of rotatable bonds is 1. The molecular formula is C6H11NO3. The minimum atomic E-state index is -0.890. The number of aliphatic carboxylic acids is 1. The van der Waals surface area contributed by atoms with Crippen molar-refractivity contribution >= 4 is 5.97 Å². The Morgan fingerprint density at radius 2 is 2.40 bits per heavy atom. The SMILES string of the molecule is C[C@@H]1CNC[C@H](C(=O)O)O1. The molecular weight excluding hydrogens is 134 g/mol. The Morgan fingerprint density at radius 1 is 1.70 bits per heavy atom. The van der Waals surface area contributed by atoms with Gasteiger partial charge in [-0.05, 0) is 6.92 Å². The second kappa shape index (κ2) is 2.98. The highest BCUT2D eigenvalue weighted by Gasteiger charge is 2.24. The van der Waals surface area contributed by atoms with Crippen molar-refractivity contribution in [1.29, 1.82) is 0 Å². The van der Waals surface area contributed by atoms with Crippen LogP contribution >= 0.6 is 0 Å². The maximum Gasteiger partial charge on any atom is 0.334 e. The van der Waals surface area contributed by atoms with Crippen molar-refractivity contribution < 1.29 is 14.6 Å². The van der Waals surface area contributed by atoms with E-state index < -0.39 is 12.1 Å². The van der Waals surface area contributed by atoms with Crippen LogP contribution in [0.5, 0.6) is 0 Å². The normalized spacial score (nSPS) is 33.7. The van der Waals surface area contributed by atoms with Crippen LogP contribution in [0.2, 0.25) is 0 Å². The highest BCUT2D eigenvalue weighted by molar-refractivity contribution is 5.72. The smallest absolute Gasteiger partial charge is 0.334 e. The lowest BCUT2D eigenvalue weighted by molar-refractivity contribution is -0.156. The molecule has 0 amide bonds. The first-order chi connectivity index (χ1) is 4.70. The Labute approximate surface area is 59.2 Å². The standard InChI is InChI=1S/C6H11NO3/c1-4-2-7-3-5(10-4)6(8)9/h4-5,7H,2-3H2,1H3,(H,8,9)/t4-,5-/m1/s1. The van der Waals surface area contributed by atoms with Gasteiger partial charge in [0, 0.05) is 13.1 Å². The Morgan fingerprint density at radius 3 is 2.80 bits per heavy atom. The van der Waals surface area contributed by atoms with Crippen molar-refractivity contribution in [3.63, 3.8) is 0 Å². The average Bonchev–Trinajstić information content (AvgIpc) is 1.88. The molecule has 1 heterocycles. The van der Waals surface area contributed by atoms with Crippen LogP contribution in [-0.2, 0) is 9.53 Å². The molecule has 2 N–H and O–H groups in total. The lowest BCUT2D eigenvalue weighted by Crippen LogP contribution is -2.46. The van der Waals surface area contributed by atoms with E-state index in [2.05, 4.69) is 5.32 Å². The van der Waals surface area contributed by atoms with Gasteiger partial charge >= 0.3 is 5.97 Å². The molecule has 0 unspecified atom stereocenters. The van der Waals surface area contributed by atoms with Gasteiger partial charge in [-0.15, -0.1) is 0 Å². The summed E-state index contributed by atoms with van der Waals surface area (Å²) in [5, 5.41) is 11.5. The van der Waals surface area contributed by atoms with Crippen LogP contribution in [0.1, 0.15) is 6.92 Å². The van der Waals surface area contributed by atoms with E-state index in [1.54, 1.807) is 0 Å². The quantitative estimate of drug-likeness (QED) is 0.519. The largest absolute Gasteiger partial charge is 0.479 e. The predicted octanol–water partition coefficient (Wildman–Crippen LogP) is -0.552. The van der Waals surface area contributed by atoms with E-state index in [1.807, 2.05) is 6.92 Å². The van der Waals surface area contributed by atoms with Crippen LogP contribution in [0.4, 0.5) is 0 Å². The summed E-state index contributed by atoms with van der Waals surface area (Å²) in [7, 11) is 0. The van der Waals surface area contributed by atoms with Crippen LogP contribution in [0, 0.1) is 0 Å². The number of hydrogen-bond donors (Lipinski definition) is 2. The summed E-state index contributed by atoms with van der Waals surface area (Å²) in [6, 6.07) is 0. The molecule has 1 rings (SSSR count). The summed E-state index contributed by atoms with van der Waals surface area (Å²) in [5.41, 5.74) is 0. The molecule has 1 fully saturated rings. The van der Waals surface area contributed by atoms with E-state index in [0.717, 1.165) is 6.54 Å². The number of carboxylic acid groups (broad SMARTS) is 1. The van der Waals surface area contributed by atoms with Gasteiger partial charge in [0.2, 0.25) is 0 Å². The number of carboxylic acids is 1. The van der Waals surface area contributed by atoms with Crippen LogP contribution in [0.3, 0.4) is 0 Å². The monoisotopic (exact) mass is 145 g/mol. The first kappa shape index (κ1) is 7.50. The lowest BCUT2D eigenvalue weighted by atomic mass is 10.2. The van der Waals surface area contributed by atoms with Crippen molar-refractivity contribution in [3.05, 3.63) is 0 Å². The van der Waals surface area contributed by atoms with E-state index in [-0.39, 0.29) is 6.10 Å². The molecule has 10 heavy (non-hydrogen) atoms. The first-order valence-electron chi connectivity index (χ1n) is 3.29. The van der Waals surface area contributed by atoms with Gasteiger partial charge in [-0.2, -0.15) is 0 Å². The summed E-state index contributed by atoms with van der Waals surface area (Å²) in [6.45, 7) is 3.01. The third-order valence-electron chi connectivity index (χ3n) is 1.43. The van der Waals surface area contributed by atoms with Gasteiger partial charge in [-0.25, -0.2) is 4.79 Å². The van der Waals surface area contributed by atoms with Crippen LogP contribution in [0.25, 0.3) is 0 Å². The van der Waals surface area contributed by atoms with E-state index >= 15 is 0 Å². The van der Waals surface area contributed by atoms with Crippen molar-refractivity contribution in [2.75, 3.05) is 13.1 Å². The summed E-state index contributed by atoms with van der Waals surface area (Å²) in [6.07, 6.45) is -0.654. The summed E-state index contributed by atoms with van der Waals surface area (Å²) in [5.74, 6) is -0.890. The fraction of sp³-hybridized carbons (Fsp3) is 0.833. The Kier molecular flexibility index (Phi) is 2.24. The third-order valence-corrected chi connectivity index (χ3v) is 1.43. The molecule has 0 aromatic carbocycles. The summed E-state index contributed by atoms with van der Waals surface area (Å²) in [4.78, 5) is 10.3. The molecule has 0 aromatic heterocycles. The second-order valence-corrected chi connectivity index (χ2v) is 2.43. The number of morpholine rings is 1. The average molecular weight is 145 g/mol. The van der Waals surface area contributed by atoms with Crippen LogP contribution in [0.15, 0.2) is 0 Å². The Hall–Kier alpha value is -0.610. The molecule has 0 aliphatic carbocycles. The highest BCUT2D eigenvalue weighted by Crippen LogP contribution is 2.02. The number of hydrogen-bond acceptors (Lipinski definition) is 3. The van der Waals surface area contributed by atoms with Crippen molar-refractivity contribution in [3.8, 4) is 0 Å². The fourth-order valence-electron chi connectivity index (χ4n) is 0.940. The third kappa shape index (κ3) is 1.68. The van der Waals surface area contributed by atoms with E-state index in [0.29, 0.717) is 6.54 Å². The topological polar surface area (TPSA) is 58.6 Å². The van der Waals surface area contributed by atoms with E-state index in [4.69, 9.17) is 9.84 Å². The number of carbonyl (C=O) groups is 1. The fourth-order valence-corrected chi connectivity index (χ4v) is 0.940. The van der Waals surface area contributed by atoms with Gasteiger partial charge in [0.05, 0.1) is 6.10 Å². The molecule has 0 bridgehead atoms. The molecule has 1 aliphatic heterocycles. The van der Waals surface area contributed by atoms with Crippen molar-refractivity contribution in [2.45, 2.75) is 19.1 Å². The van der Waals surface area contributed by atoms with E-state index in [1.165, 1.54) is 0 Å². The summed E-state index contributed by atoms with van der Waals surface area (Å²) < 4.78 is 5.09. The molecule has 0 aromatic rings. The number of ether oxygens (including phenoxy) is 1. The molecule has 58 valence electrons. The lowest BCUT2D eigenvalue weighted by Gasteiger charge is -2.25. The predicted molar refractivity (Wildman–Crippen MR) is 34.8 cm³/mol. The molecule has 2 atom stereocenters. The molecule has 0 radical (unpaired) electrons. The first-order valence-corrected chi connectivity index (χ1v) is 3.29. The Balaban J connectivity index is 2.39. The van der Waals surface area contributed by atoms with Gasteiger partial charge in [-0.1, -0.05) is 0 Å². The van der Waals surface area contributed by atoms with E-state index in [9.17, 15) is 4.79 Å². The van der Waals surface area contributed by atoms with Crippen molar-refractivity contribution in [1.82, 2.24) is 5.32 Å². The van der Waals surface area contributed by atoms with Crippen LogP contribution in [-0.4, -0.2) is 36.4 Å². The van der Waals surface area contributed by atoms with Gasteiger partial charge in [-0.3, -0.25) is 0 Å². The maximum atomic E-state index is 10.3. The molecule has 1 saturated heterocycles. The maximum absolute atomic E-state index is 10.3. The zero-order valence-electron chi connectivity index (χ0n) is 5.83. The highest BCUT2D eigenvalue weighted by atomic mass is 16.5. The zero-order valence-corrected chi connectivity index (χ0v) is 5.83. The van der Waals surface area contributed by atoms with Gasteiger partial charge in [0.15, 0.2) is 6.10 Å². The molecule has 4 nitrogen and oxygen atoms in total. The summed E-state index contributed by atoms with van der Waals surface area (Å²) >= 11 is 0. The number of nitrogens with one attached hydrogen (secondary N) is 1.